The van der Waals surface area contributed by atoms with Gasteiger partial charge in [-0.05, 0) is 18.1 Å². The number of hydrogen-bond donors (Lipinski definition) is 0. The number of nitrogens with zero attached hydrogens (tertiary/aromatic N) is 1. The highest BCUT2D eigenvalue weighted by molar-refractivity contribution is 5.76. The maximum absolute atomic E-state index is 11.5. The van der Waals surface area contributed by atoms with E-state index in [1.807, 2.05) is 30.3 Å². The molecule has 4 nitrogen and oxygen atoms in total. The zero-order valence-electron chi connectivity index (χ0n) is 13.7. The average molecular weight is 320 g/mol. The van der Waals surface area contributed by atoms with Crippen LogP contribution in [0, 0.1) is 6.92 Å². The fourth-order valence-corrected chi connectivity index (χ4v) is 2.65. The molecule has 0 atom stereocenters. The SMILES string of the molecule is CC(=O)CCc1oc(C)nc1-c1ccc(-c2cccc([O-])c2)cc1. The zero-order chi connectivity index (χ0) is 17.1. The van der Waals surface area contributed by atoms with Gasteiger partial charge in [0.05, 0.1) is 0 Å². The zero-order valence-corrected chi connectivity index (χ0v) is 13.7. The van der Waals surface area contributed by atoms with Crippen LogP contribution in [0.15, 0.2) is 52.9 Å². The number of rotatable bonds is 5. The molecule has 0 radical (unpaired) electrons. The number of Topliss-reactive ketones (excluding diaryl/α,β-unsaturated/α-hetero) is 1. The summed E-state index contributed by atoms with van der Waals surface area (Å²) >= 11 is 0. The number of aryl methyl sites for hydroxylation is 2. The van der Waals surface area contributed by atoms with Crippen LogP contribution in [-0.4, -0.2) is 10.8 Å². The van der Waals surface area contributed by atoms with Gasteiger partial charge in [0.1, 0.15) is 17.2 Å². The molecular formula is C20H18NO3-. The Morgan fingerprint density at radius 2 is 1.79 bits per heavy atom. The average Bonchev–Trinajstić information content (AvgIpc) is 2.94. The van der Waals surface area contributed by atoms with Crippen LogP contribution in [-0.2, 0) is 11.2 Å². The first kappa shape index (κ1) is 16.0. The molecule has 0 saturated heterocycles. The lowest BCUT2D eigenvalue weighted by Gasteiger charge is -2.08. The van der Waals surface area contributed by atoms with Crippen molar-refractivity contribution in [1.29, 1.82) is 0 Å². The highest BCUT2D eigenvalue weighted by Crippen LogP contribution is 2.28. The fraction of sp³-hybridized carbons (Fsp3) is 0.200. The Bertz CT molecular complexity index is 863. The van der Waals surface area contributed by atoms with Gasteiger partial charge in [-0.1, -0.05) is 48.5 Å². The van der Waals surface area contributed by atoms with E-state index in [1.165, 1.54) is 6.07 Å². The normalized spacial score (nSPS) is 10.8. The Labute approximate surface area is 140 Å². The molecule has 0 aliphatic rings. The van der Waals surface area contributed by atoms with E-state index in [4.69, 9.17) is 4.42 Å². The molecule has 0 N–H and O–H groups in total. The minimum atomic E-state index is -0.00442. The molecule has 24 heavy (non-hydrogen) atoms. The molecule has 0 aliphatic carbocycles. The van der Waals surface area contributed by atoms with Crippen molar-refractivity contribution in [3.05, 3.63) is 60.2 Å². The molecule has 0 amide bonds. The number of aromatic nitrogens is 1. The second kappa shape index (κ2) is 6.71. The Hall–Kier alpha value is -2.88. The predicted molar refractivity (Wildman–Crippen MR) is 90.6 cm³/mol. The summed E-state index contributed by atoms with van der Waals surface area (Å²) in [5.74, 6) is 1.45. The third kappa shape index (κ3) is 3.54. The van der Waals surface area contributed by atoms with Crippen LogP contribution in [0.3, 0.4) is 0 Å². The first-order chi connectivity index (χ1) is 11.5. The van der Waals surface area contributed by atoms with E-state index in [-0.39, 0.29) is 11.5 Å². The van der Waals surface area contributed by atoms with Crippen LogP contribution in [0.2, 0.25) is 0 Å². The summed E-state index contributed by atoms with van der Waals surface area (Å²) in [4.78, 5) is 15.7. The van der Waals surface area contributed by atoms with Gasteiger partial charge in [0, 0.05) is 25.3 Å². The van der Waals surface area contributed by atoms with Crippen LogP contribution < -0.4 is 5.11 Å². The van der Waals surface area contributed by atoms with Gasteiger partial charge in [-0.3, -0.25) is 0 Å². The van der Waals surface area contributed by atoms with E-state index in [9.17, 15) is 9.90 Å². The summed E-state index contributed by atoms with van der Waals surface area (Å²) in [7, 11) is 0. The van der Waals surface area contributed by atoms with Crippen molar-refractivity contribution in [2.45, 2.75) is 26.7 Å². The highest BCUT2D eigenvalue weighted by Gasteiger charge is 2.14. The van der Waals surface area contributed by atoms with E-state index < -0.39 is 0 Å². The minimum Gasteiger partial charge on any atom is -0.872 e. The van der Waals surface area contributed by atoms with Gasteiger partial charge in [-0.25, -0.2) is 4.98 Å². The monoisotopic (exact) mass is 320 g/mol. The van der Waals surface area contributed by atoms with E-state index in [2.05, 4.69) is 4.98 Å². The first-order valence-electron chi connectivity index (χ1n) is 7.86. The lowest BCUT2D eigenvalue weighted by atomic mass is 10.0. The van der Waals surface area contributed by atoms with Crippen LogP contribution in [0.4, 0.5) is 0 Å². The molecule has 4 heteroatoms. The van der Waals surface area contributed by atoms with Crippen LogP contribution in [0.25, 0.3) is 22.4 Å². The standard InChI is InChI=1S/C20H19NO3/c1-13(22)6-11-19-20(21-14(2)24-19)16-9-7-15(8-10-16)17-4-3-5-18(23)12-17/h3-5,7-10,12,23H,6,11H2,1-2H3/p-1. The van der Waals surface area contributed by atoms with Crippen molar-refractivity contribution >= 4 is 5.78 Å². The molecule has 0 fully saturated rings. The highest BCUT2D eigenvalue weighted by atomic mass is 16.4. The third-order valence-corrected chi connectivity index (χ3v) is 3.83. The van der Waals surface area contributed by atoms with E-state index >= 15 is 0 Å². The first-order valence-corrected chi connectivity index (χ1v) is 7.86. The van der Waals surface area contributed by atoms with Crippen LogP contribution >= 0.6 is 0 Å². The van der Waals surface area contributed by atoms with Gasteiger partial charge in [0.2, 0.25) is 0 Å². The van der Waals surface area contributed by atoms with Crippen molar-refractivity contribution in [1.82, 2.24) is 4.98 Å². The predicted octanol–water partition coefficient (Wildman–Crippen LogP) is 3.91. The summed E-state index contributed by atoms with van der Waals surface area (Å²) in [6, 6.07) is 14.7. The van der Waals surface area contributed by atoms with Crippen molar-refractivity contribution < 1.29 is 14.3 Å². The Kier molecular flexibility index (Phi) is 4.47. The molecule has 3 rings (SSSR count). The summed E-state index contributed by atoms with van der Waals surface area (Å²) in [6.45, 7) is 3.37. The van der Waals surface area contributed by atoms with Gasteiger partial charge >= 0.3 is 0 Å². The molecule has 0 saturated carbocycles. The number of benzene rings is 2. The molecule has 1 heterocycles. The van der Waals surface area contributed by atoms with Crippen LogP contribution in [0.5, 0.6) is 5.75 Å². The molecule has 1 aromatic heterocycles. The topological polar surface area (TPSA) is 66.2 Å². The van der Waals surface area contributed by atoms with Gasteiger partial charge in [-0.15, -0.1) is 5.75 Å². The Morgan fingerprint density at radius 1 is 1.08 bits per heavy atom. The van der Waals surface area contributed by atoms with Crippen molar-refractivity contribution in [2.75, 3.05) is 0 Å². The smallest absolute Gasteiger partial charge is 0.191 e. The molecule has 0 bridgehead atoms. The molecular weight excluding hydrogens is 302 g/mol. The number of ketones is 1. The van der Waals surface area contributed by atoms with E-state index in [1.54, 1.807) is 26.0 Å². The van der Waals surface area contributed by atoms with Crippen LogP contribution in [0.1, 0.15) is 25.0 Å². The Morgan fingerprint density at radius 3 is 2.46 bits per heavy atom. The van der Waals surface area contributed by atoms with Crippen molar-refractivity contribution in [3.63, 3.8) is 0 Å². The molecule has 122 valence electrons. The number of carbonyl (C=O) groups is 1. The van der Waals surface area contributed by atoms with Gasteiger partial charge in [0.25, 0.3) is 0 Å². The van der Waals surface area contributed by atoms with E-state index in [0.717, 1.165) is 28.1 Å². The molecule has 0 spiro atoms. The lowest BCUT2D eigenvalue weighted by Crippen LogP contribution is -1.94. The lowest BCUT2D eigenvalue weighted by molar-refractivity contribution is -0.268. The van der Waals surface area contributed by atoms with Gasteiger partial charge < -0.3 is 14.3 Å². The minimum absolute atomic E-state index is 0.00442. The number of oxazole rings is 1. The summed E-state index contributed by atoms with van der Waals surface area (Å²) in [5.41, 5.74) is 3.58. The Balaban J connectivity index is 1.90. The number of carbonyl (C=O) groups excluding carboxylic acids is 1. The second-order valence-corrected chi connectivity index (χ2v) is 5.81. The summed E-state index contributed by atoms with van der Waals surface area (Å²) in [6.07, 6.45) is 0.988. The van der Waals surface area contributed by atoms with E-state index in [0.29, 0.717) is 18.7 Å². The summed E-state index contributed by atoms with van der Waals surface area (Å²) < 4.78 is 5.65. The molecule has 2 aromatic carbocycles. The van der Waals surface area contributed by atoms with Crippen molar-refractivity contribution in [3.8, 4) is 28.1 Å². The van der Waals surface area contributed by atoms with Crippen molar-refractivity contribution in [2.24, 2.45) is 0 Å². The van der Waals surface area contributed by atoms with Gasteiger partial charge in [0.15, 0.2) is 5.89 Å². The molecule has 0 aliphatic heterocycles. The molecule has 0 unspecified atom stereocenters. The fourth-order valence-electron chi connectivity index (χ4n) is 2.65. The largest absolute Gasteiger partial charge is 0.872 e. The summed E-state index contributed by atoms with van der Waals surface area (Å²) in [5, 5.41) is 11.5. The third-order valence-electron chi connectivity index (χ3n) is 3.83. The number of hydrogen-bond acceptors (Lipinski definition) is 4. The quantitative estimate of drug-likeness (QED) is 0.715. The maximum Gasteiger partial charge on any atom is 0.191 e. The van der Waals surface area contributed by atoms with Gasteiger partial charge in [-0.2, -0.15) is 0 Å². The second-order valence-electron chi connectivity index (χ2n) is 5.81. The maximum atomic E-state index is 11.5. The molecule has 3 aromatic rings.